The SMILES string of the molecule is CN1CCC(NC(=O)N2CCNC(=O)C2CC(=O)O)C1=O. The minimum atomic E-state index is -1.16. The fourth-order valence-corrected chi connectivity index (χ4v) is 2.51. The highest BCUT2D eigenvalue weighted by molar-refractivity contribution is 5.93. The number of hydrogen-bond acceptors (Lipinski definition) is 4. The van der Waals surface area contributed by atoms with Crippen LogP contribution in [-0.4, -0.2) is 77.5 Å². The third-order valence-electron chi connectivity index (χ3n) is 3.68. The van der Waals surface area contributed by atoms with E-state index in [2.05, 4.69) is 10.6 Å². The van der Waals surface area contributed by atoms with Crippen molar-refractivity contribution in [2.45, 2.75) is 24.9 Å². The van der Waals surface area contributed by atoms with E-state index in [0.717, 1.165) is 0 Å². The molecule has 4 amide bonds. The molecule has 2 heterocycles. The van der Waals surface area contributed by atoms with Crippen LogP contribution in [0.4, 0.5) is 4.79 Å². The summed E-state index contributed by atoms with van der Waals surface area (Å²) in [5.74, 6) is -1.83. The fraction of sp³-hybridized carbons (Fsp3) is 0.667. The third kappa shape index (κ3) is 3.23. The molecule has 0 bridgehead atoms. The molecule has 0 saturated carbocycles. The van der Waals surface area contributed by atoms with Crippen molar-refractivity contribution in [3.63, 3.8) is 0 Å². The maximum atomic E-state index is 12.2. The number of hydrogen-bond donors (Lipinski definition) is 3. The maximum Gasteiger partial charge on any atom is 0.318 e. The number of carbonyl (C=O) groups excluding carboxylic acids is 3. The van der Waals surface area contributed by atoms with Gasteiger partial charge in [-0.2, -0.15) is 0 Å². The molecule has 3 N–H and O–H groups in total. The van der Waals surface area contributed by atoms with Gasteiger partial charge in [-0.05, 0) is 6.42 Å². The van der Waals surface area contributed by atoms with Crippen LogP contribution in [0.1, 0.15) is 12.8 Å². The number of likely N-dealkylation sites (N-methyl/N-ethyl adjacent to an activating group) is 1. The average molecular weight is 298 g/mol. The van der Waals surface area contributed by atoms with Gasteiger partial charge in [0, 0.05) is 26.7 Å². The quantitative estimate of drug-likeness (QED) is 0.568. The van der Waals surface area contributed by atoms with E-state index in [-0.39, 0.29) is 19.0 Å². The molecule has 0 aromatic rings. The Balaban J connectivity index is 2.03. The van der Waals surface area contributed by atoms with E-state index in [4.69, 9.17) is 5.11 Å². The van der Waals surface area contributed by atoms with Gasteiger partial charge in [-0.25, -0.2) is 4.79 Å². The van der Waals surface area contributed by atoms with Crippen molar-refractivity contribution >= 4 is 23.8 Å². The summed E-state index contributed by atoms with van der Waals surface area (Å²) in [4.78, 5) is 49.2. The Morgan fingerprint density at radius 3 is 2.67 bits per heavy atom. The van der Waals surface area contributed by atoms with Crippen LogP contribution in [0.25, 0.3) is 0 Å². The van der Waals surface area contributed by atoms with Crippen LogP contribution in [-0.2, 0) is 14.4 Å². The molecule has 0 aliphatic carbocycles. The third-order valence-corrected chi connectivity index (χ3v) is 3.68. The number of likely N-dealkylation sites (tertiary alicyclic amines) is 1. The second kappa shape index (κ2) is 5.98. The highest BCUT2D eigenvalue weighted by Crippen LogP contribution is 2.12. The van der Waals surface area contributed by atoms with Crippen LogP contribution < -0.4 is 10.6 Å². The van der Waals surface area contributed by atoms with Gasteiger partial charge >= 0.3 is 12.0 Å². The van der Waals surface area contributed by atoms with Crippen molar-refractivity contribution in [3.8, 4) is 0 Å². The number of carboxylic acid groups (broad SMARTS) is 1. The van der Waals surface area contributed by atoms with E-state index in [1.54, 1.807) is 7.05 Å². The standard InChI is InChI=1S/C12H18N4O5/c1-15-4-2-7(11(15)20)14-12(21)16-5-3-13-10(19)8(16)6-9(17)18/h7-8H,2-6H2,1H3,(H,13,19)(H,14,21)(H,17,18). The van der Waals surface area contributed by atoms with Gasteiger partial charge in [0.05, 0.1) is 6.42 Å². The summed E-state index contributed by atoms with van der Waals surface area (Å²) in [7, 11) is 1.65. The second-order valence-electron chi connectivity index (χ2n) is 5.15. The molecule has 0 spiro atoms. The Morgan fingerprint density at radius 2 is 2.10 bits per heavy atom. The predicted octanol–water partition coefficient (Wildman–Crippen LogP) is -1.80. The molecule has 116 valence electrons. The highest BCUT2D eigenvalue weighted by atomic mass is 16.4. The Bertz CT molecular complexity index is 480. The van der Waals surface area contributed by atoms with Crippen molar-refractivity contribution in [2.75, 3.05) is 26.7 Å². The zero-order valence-electron chi connectivity index (χ0n) is 11.7. The molecule has 2 fully saturated rings. The lowest BCUT2D eigenvalue weighted by Gasteiger charge is -2.34. The largest absolute Gasteiger partial charge is 0.481 e. The minimum Gasteiger partial charge on any atom is -0.481 e. The Hall–Kier alpha value is -2.32. The molecular weight excluding hydrogens is 280 g/mol. The first kappa shape index (κ1) is 15.1. The lowest BCUT2D eigenvalue weighted by atomic mass is 10.1. The van der Waals surface area contributed by atoms with Gasteiger partial charge in [-0.15, -0.1) is 0 Å². The van der Waals surface area contributed by atoms with Crippen LogP contribution in [0.3, 0.4) is 0 Å². The molecule has 21 heavy (non-hydrogen) atoms. The number of urea groups is 1. The number of nitrogens with one attached hydrogen (secondary N) is 2. The van der Waals surface area contributed by atoms with Gasteiger partial charge in [0.2, 0.25) is 11.8 Å². The summed E-state index contributed by atoms with van der Waals surface area (Å²) in [5.41, 5.74) is 0. The Kier molecular flexibility index (Phi) is 4.29. The summed E-state index contributed by atoms with van der Waals surface area (Å²) in [5, 5.41) is 14.0. The fourth-order valence-electron chi connectivity index (χ4n) is 2.51. The number of amides is 4. The van der Waals surface area contributed by atoms with Crippen LogP contribution >= 0.6 is 0 Å². The van der Waals surface area contributed by atoms with Gasteiger partial charge in [0.25, 0.3) is 0 Å². The summed E-state index contributed by atoms with van der Waals surface area (Å²) >= 11 is 0. The minimum absolute atomic E-state index is 0.181. The van der Waals surface area contributed by atoms with E-state index in [0.29, 0.717) is 13.0 Å². The van der Waals surface area contributed by atoms with Crippen LogP contribution in [0, 0.1) is 0 Å². The lowest BCUT2D eigenvalue weighted by molar-refractivity contribution is -0.142. The second-order valence-corrected chi connectivity index (χ2v) is 5.15. The lowest BCUT2D eigenvalue weighted by Crippen LogP contribution is -2.61. The molecule has 0 aromatic heterocycles. The molecule has 2 atom stereocenters. The average Bonchev–Trinajstić information content (AvgIpc) is 2.72. The van der Waals surface area contributed by atoms with E-state index in [9.17, 15) is 19.2 Å². The first-order valence-electron chi connectivity index (χ1n) is 6.71. The first-order chi connectivity index (χ1) is 9.90. The van der Waals surface area contributed by atoms with E-state index in [1.165, 1.54) is 9.80 Å². The van der Waals surface area contributed by atoms with Crippen molar-refractivity contribution < 1.29 is 24.3 Å². The van der Waals surface area contributed by atoms with E-state index < -0.39 is 36.4 Å². The first-order valence-corrected chi connectivity index (χ1v) is 6.71. The Morgan fingerprint density at radius 1 is 1.38 bits per heavy atom. The smallest absolute Gasteiger partial charge is 0.318 e. The molecule has 2 saturated heterocycles. The van der Waals surface area contributed by atoms with Crippen molar-refractivity contribution in [1.29, 1.82) is 0 Å². The molecule has 2 unspecified atom stereocenters. The zero-order chi connectivity index (χ0) is 15.6. The molecule has 9 heteroatoms. The molecule has 2 rings (SSSR count). The van der Waals surface area contributed by atoms with Crippen molar-refractivity contribution in [1.82, 2.24) is 20.4 Å². The van der Waals surface area contributed by atoms with E-state index in [1.807, 2.05) is 0 Å². The number of carbonyl (C=O) groups is 4. The Labute approximate surface area is 121 Å². The number of piperazine rings is 1. The maximum absolute atomic E-state index is 12.2. The number of carboxylic acids is 1. The summed E-state index contributed by atoms with van der Waals surface area (Å²) in [6, 6.07) is -2.24. The topological polar surface area (TPSA) is 119 Å². The molecule has 2 aliphatic heterocycles. The summed E-state index contributed by atoms with van der Waals surface area (Å²) in [6.07, 6.45) is 0.0441. The number of rotatable bonds is 3. The van der Waals surface area contributed by atoms with E-state index >= 15 is 0 Å². The van der Waals surface area contributed by atoms with Crippen LogP contribution in [0.5, 0.6) is 0 Å². The normalized spacial score (nSPS) is 25.8. The molecule has 0 radical (unpaired) electrons. The predicted molar refractivity (Wildman–Crippen MR) is 70.3 cm³/mol. The van der Waals surface area contributed by atoms with Crippen molar-refractivity contribution in [2.24, 2.45) is 0 Å². The molecule has 2 aliphatic rings. The number of aliphatic carboxylic acids is 1. The van der Waals surface area contributed by atoms with Crippen LogP contribution in [0.15, 0.2) is 0 Å². The molecule has 0 aromatic carbocycles. The summed E-state index contributed by atoms with van der Waals surface area (Å²) in [6.45, 7) is 1.04. The van der Waals surface area contributed by atoms with Gasteiger partial charge < -0.3 is 25.5 Å². The van der Waals surface area contributed by atoms with Gasteiger partial charge in [-0.1, -0.05) is 0 Å². The summed E-state index contributed by atoms with van der Waals surface area (Å²) < 4.78 is 0. The van der Waals surface area contributed by atoms with Crippen LogP contribution in [0.2, 0.25) is 0 Å². The molecule has 9 nitrogen and oxygen atoms in total. The monoisotopic (exact) mass is 298 g/mol. The molecular formula is C12H18N4O5. The zero-order valence-corrected chi connectivity index (χ0v) is 11.7. The van der Waals surface area contributed by atoms with Gasteiger partial charge in [0.1, 0.15) is 12.1 Å². The number of nitrogens with zero attached hydrogens (tertiary/aromatic N) is 2. The van der Waals surface area contributed by atoms with Gasteiger partial charge in [0.15, 0.2) is 0 Å². The highest BCUT2D eigenvalue weighted by Gasteiger charge is 2.37. The van der Waals surface area contributed by atoms with Gasteiger partial charge in [-0.3, -0.25) is 14.4 Å². The van der Waals surface area contributed by atoms with Crippen molar-refractivity contribution in [3.05, 3.63) is 0 Å².